The molecular formula is C12H25NO2. The molecule has 0 bridgehead atoms. The highest BCUT2D eigenvalue weighted by Gasteiger charge is 2.38. The fraction of sp³-hybridized carbons (Fsp3) is 0.917. The Morgan fingerprint density at radius 1 is 1.40 bits per heavy atom. The molecule has 0 aromatic heterocycles. The van der Waals surface area contributed by atoms with Gasteiger partial charge in [-0.25, -0.2) is 4.79 Å². The molecule has 90 valence electrons. The molecular weight excluding hydrogens is 190 g/mol. The molecule has 1 amide bonds. The van der Waals surface area contributed by atoms with Gasteiger partial charge in [-0.1, -0.05) is 34.1 Å². The molecule has 0 aromatic carbocycles. The summed E-state index contributed by atoms with van der Waals surface area (Å²) in [6.45, 7) is 8.96. The molecule has 0 aliphatic heterocycles. The van der Waals surface area contributed by atoms with Crippen LogP contribution in [-0.4, -0.2) is 18.7 Å². The summed E-state index contributed by atoms with van der Waals surface area (Å²) in [4.78, 5) is 11.1. The van der Waals surface area contributed by atoms with Crippen molar-refractivity contribution < 1.29 is 9.53 Å². The van der Waals surface area contributed by atoms with Crippen LogP contribution in [-0.2, 0) is 4.74 Å². The first-order valence-electron chi connectivity index (χ1n) is 6.22. The average molecular weight is 215 g/mol. The van der Waals surface area contributed by atoms with Gasteiger partial charge in [0.25, 0.3) is 0 Å². The lowest BCUT2D eigenvalue weighted by molar-refractivity contribution is 0.133. The Morgan fingerprint density at radius 2 is 2.07 bits per heavy atom. The van der Waals surface area contributed by atoms with Crippen molar-refractivity contribution in [3.63, 3.8) is 0 Å². The first-order chi connectivity index (χ1) is 7.27. The summed E-state index contributed by atoms with van der Waals surface area (Å²) in [6, 6.07) is 0. The van der Waals surface area contributed by atoms with Crippen LogP contribution in [0, 0.1) is 5.92 Å². The van der Waals surface area contributed by atoms with E-state index >= 15 is 0 Å². The standard InChI is InChI=1S/C10H19NO2.C2H6/c1-3-5-6-11-10(12)13-9-7-8(9)4-2;1-2/h8-9H,3-7H2,1-2H3,(H,11,12);1-2H3. The average Bonchev–Trinajstić information content (AvgIpc) is 3.00. The molecule has 0 radical (unpaired) electrons. The number of ether oxygens (including phenoxy) is 1. The Hall–Kier alpha value is -0.730. The molecule has 0 aromatic rings. The minimum absolute atomic E-state index is 0.201. The number of amides is 1. The van der Waals surface area contributed by atoms with Crippen molar-refractivity contribution in [2.24, 2.45) is 5.92 Å². The molecule has 0 spiro atoms. The summed E-state index contributed by atoms with van der Waals surface area (Å²) in [5, 5.41) is 2.74. The monoisotopic (exact) mass is 215 g/mol. The van der Waals surface area contributed by atoms with Crippen LogP contribution in [0.4, 0.5) is 4.79 Å². The van der Waals surface area contributed by atoms with E-state index < -0.39 is 0 Å². The predicted molar refractivity (Wildman–Crippen MR) is 62.9 cm³/mol. The molecule has 15 heavy (non-hydrogen) atoms. The maximum Gasteiger partial charge on any atom is 0.407 e. The fourth-order valence-electron chi connectivity index (χ4n) is 1.34. The topological polar surface area (TPSA) is 38.3 Å². The Morgan fingerprint density at radius 3 is 2.53 bits per heavy atom. The Bertz CT molecular complexity index is 171. The van der Waals surface area contributed by atoms with E-state index in [1.54, 1.807) is 0 Å². The molecule has 1 rings (SSSR count). The smallest absolute Gasteiger partial charge is 0.407 e. The lowest BCUT2D eigenvalue weighted by atomic mass is 10.3. The van der Waals surface area contributed by atoms with Crippen molar-refractivity contribution >= 4 is 6.09 Å². The van der Waals surface area contributed by atoms with Crippen LogP contribution < -0.4 is 5.32 Å². The minimum atomic E-state index is -0.241. The number of nitrogens with one attached hydrogen (secondary N) is 1. The third-order valence-electron chi connectivity index (χ3n) is 2.44. The number of alkyl carbamates (subject to hydrolysis) is 1. The summed E-state index contributed by atoms with van der Waals surface area (Å²) in [5.41, 5.74) is 0. The molecule has 1 fully saturated rings. The van der Waals surface area contributed by atoms with Crippen LogP contribution >= 0.6 is 0 Å². The van der Waals surface area contributed by atoms with Crippen molar-refractivity contribution in [2.75, 3.05) is 6.54 Å². The van der Waals surface area contributed by atoms with Gasteiger partial charge in [0.15, 0.2) is 0 Å². The van der Waals surface area contributed by atoms with Gasteiger partial charge in [-0.15, -0.1) is 0 Å². The van der Waals surface area contributed by atoms with Crippen LogP contribution in [0.2, 0.25) is 0 Å². The third kappa shape index (κ3) is 6.37. The number of hydrogen-bond donors (Lipinski definition) is 1. The summed E-state index contributed by atoms with van der Waals surface area (Å²) in [6.07, 6.45) is 4.25. The first kappa shape index (κ1) is 14.3. The lowest BCUT2D eigenvalue weighted by Crippen LogP contribution is -2.26. The molecule has 3 nitrogen and oxygen atoms in total. The van der Waals surface area contributed by atoms with Crippen molar-refractivity contribution in [3.8, 4) is 0 Å². The van der Waals surface area contributed by atoms with Crippen LogP contribution in [0.15, 0.2) is 0 Å². The third-order valence-corrected chi connectivity index (χ3v) is 2.44. The van der Waals surface area contributed by atoms with Crippen molar-refractivity contribution in [3.05, 3.63) is 0 Å². The zero-order valence-electron chi connectivity index (χ0n) is 10.5. The summed E-state index contributed by atoms with van der Waals surface area (Å²) in [7, 11) is 0. The Labute approximate surface area is 93.6 Å². The van der Waals surface area contributed by atoms with E-state index in [9.17, 15) is 4.79 Å². The lowest BCUT2D eigenvalue weighted by Gasteiger charge is -2.05. The molecule has 3 heteroatoms. The second-order valence-corrected chi connectivity index (χ2v) is 3.63. The number of carbonyl (C=O) groups is 1. The zero-order valence-corrected chi connectivity index (χ0v) is 10.5. The second-order valence-electron chi connectivity index (χ2n) is 3.63. The van der Waals surface area contributed by atoms with E-state index in [4.69, 9.17) is 4.74 Å². The number of hydrogen-bond acceptors (Lipinski definition) is 2. The highest BCUT2D eigenvalue weighted by molar-refractivity contribution is 5.67. The van der Waals surface area contributed by atoms with Gasteiger partial charge in [0, 0.05) is 6.54 Å². The maximum absolute atomic E-state index is 11.1. The minimum Gasteiger partial charge on any atom is -0.446 e. The molecule has 0 saturated heterocycles. The van der Waals surface area contributed by atoms with Gasteiger partial charge in [-0.2, -0.15) is 0 Å². The fourth-order valence-corrected chi connectivity index (χ4v) is 1.34. The number of rotatable bonds is 5. The quantitative estimate of drug-likeness (QED) is 0.714. The van der Waals surface area contributed by atoms with Gasteiger partial charge < -0.3 is 10.1 Å². The summed E-state index contributed by atoms with van der Waals surface area (Å²) >= 11 is 0. The van der Waals surface area contributed by atoms with E-state index in [2.05, 4.69) is 19.2 Å². The number of carbonyl (C=O) groups excluding carboxylic acids is 1. The van der Waals surface area contributed by atoms with Crippen LogP contribution in [0.3, 0.4) is 0 Å². The van der Waals surface area contributed by atoms with Crippen molar-refractivity contribution in [1.29, 1.82) is 0 Å². The molecule has 0 heterocycles. The maximum atomic E-state index is 11.1. The largest absolute Gasteiger partial charge is 0.446 e. The van der Waals surface area contributed by atoms with Crippen molar-refractivity contribution in [2.45, 2.75) is 59.5 Å². The van der Waals surface area contributed by atoms with Gasteiger partial charge in [0.2, 0.25) is 0 Å². The SMILES string of the molecule is CC.CCCCNC(=O)OC1CC1CC. The van der Waals surface area contributed by atoms with Gasteiger partial charge in [0.1, 0.15) is 6.10 Å². The van der Waals surface area contributed by atoms with Crippen molar-refractivity contribution in [1.82, 2.24) is 5.32 Å². The van der Waals surface area contributed by atoms with E-state index in [1.807, 2.05) is 13.8 Å². The molecule has 2 atom stereocenters. The van der Waals surface area contributed by atoms with Crippen LogP contribution in [0.25, 0.3) is 0 Å². The highest BCUT2D eigenvalue weighted by Crippen LogP contribution is 2.36. The second kappa shape index (κ2) is 8.57. The summed E-state index contributed by atoms with van der Waals surface area (Å²) in [5.74, 6) is 0.622. The summed E-state index contributed by atoms with van der Waals surface area (Å²) < 4.78 is 5.16. The van der Waals surface area contributed by atoms with Crippen LogP contribution in [0.5, 0.6) is 0 Å². The molecule has 1 aliphatic rings. The van der Waals surface area contributed by atoms with E-state index in [-0.39, 0.29) is 12.2 Å². The normalized spacial score (nSPS) is 22.4. The van der Waals surface area contributed by atoms with Gasteiger partial charge in [-0.05, 0) is 25.2 Å². The predicted octanol–water partition coefficient (Wildman–Crippen LogP) is 3.34. The molecule has 1 saturated carbocycles. The molecule has 1 N–H and O–H groups in total. The Kier molecular flexibility index (Phi) is 8.15. The zero-order chi connectivity index (χ0) is 11.7. The van der Waals surface area contributed by atoms with E-state index in [0.29, 0.717) is 5.92 Å². The highest BCUT2D eigenvalue weighted by atomic mass is 16.6. The molecule has 1 aliphatic carbocycles. The van der Waals surface area contributed by atoms with E-state index in [1.165, 1.54) is 0 Å². The van der Waals surface area contributed by atoms with Gasteiger partial charge in [0.05, 0.1) is 0 Å². The van der Waals surface area contributed by atoms with Gasteiger partial charge >= 0.3 is 6.09 Å². The number of unbranched alkanes of at least 4 members (excludes halogenated alkanes) is 1. The van der Waals surface area contributed by atoms with Crippen LogP contribution in [0.1, 0.15) is 53.4 Å². The Balaban J connectivity index is 0.000000921. The first-order valence-corrected chi connectivity index (χ1v) is 6.22. The van der Waals surface area contributed by atoms with Gasteiger partial charge in [-0.3, -0.25) is 0 Å². The molecule has 2 unspecified atom stereocenters. The van der Waals surface area contributed by atoms with E-state index in [0.717, 1.165) is 32.2 Å².